The van der Waals surface area contributed by atoms with E-state index < -0.39 is 26.3 Å². The summed E-state index contributed by atoms with van der Waals surface area (Å²) in [7, 11) is -2.34. The first-order chi connectivity index (χ1) is 15.3. The lowest BCUT2D eigenvalue weighted by Gasteiger charge is -2.31. The van der Waals surface area contributed by atoms with Crippen LogP contribution in [-0.4, -0.2) is 41.6 Å². The fourth-order valence-corrected chi connectivity index (χ4v) is 8.13. The Kier molecular flexibility index (Phi) is 7.80. The Balaban J connectivity index is 2.05. The van der Waals surface area contributed by atoms with Crippen molar-refractivity contribution in [2.45, 2.75) is 38.5 Å². The van der Waals surface area contributed by atoms with E-state index in [9.17, 15) is 15.0 Å². The van der Waals surface area contributed by atoms with Crippen molar-refractivity contribution in [3.8, 4) is 0 Å². The molecule has 5 heteroatoms. The van der Waals surface area contributed by atoms with Gasteiger partial charge >= 0.3 is 5.97 Å². The molecule has 3 aromatic rings. The lowest BCUT2D eigenvalue weighted by molar-refractivity contribution is -0.139. The normalized spacial score (nSPS) is 13.8. The van der Waals surface area contributed by atoms with Crippen molar-refractivity contribution in [2.24, 2.45) is 0 Å². The molecular weight excluding hydrogens is 416 g/mol. The molecule has 3 rings (SSSR count). The summed E-state index contributed by atoms with van der Waals surface area (Å²) in [5, 5.41) is 32.9. The molecule has 0 aliphatic rings. The first-order valence-corrected chi connectivity index (χ1v) is 13.3. The van der Waals surface area contributed by atoms with Gasteiger partial charge in [-0.2, -0.15) is 0 Å². The third-order valence-electron chi connectivity index (χ3n) is 5.97. The van der Waals surface area contributed by atoms with E-state index in [1.165, 1.54) is 15.6 Å². The second-order valence-electron chi connectivity index (χ2n) is 8.31. The summed E-state index contributed by atoms with van der Waals surface area (Å²) in [6, 6.07) is 27.4. The molecule has 0 spiro atoms. The van der Waals surface area contributed by atoms with Crippen LogP contribution in [0.25, 0.3) is 6.08 Å². The van der Waals surface area contributed by atoms with Crippen molar-refractivity contribution in [1.82, 2.24) is 0 Å². The van der Waals surface area contributed by atoms with E-state index in [1.54, 1.807) is 6.08 Å². The molecule has 0 amide bonds. The van der Waals surface area contributed by atoms with E-state index in [1.807, 2.05) is 18.2 Å². The molecule has 0 saturated carbocycles. The highest BCUT2D eigenvalue weighted by atomic mass is 28.3. The third kappa shape index (κ3) is 5.43. The molecule has 166 valence electrons. The number of aliphatic hydroxyl groups is 2. The number of carboxylic acid groups (broad SMARTS) is 1. The predicted molar refractivity (Wildman–Crippen MR) is 133 cm³/mol. The average molecular weight is 447 g/mol. The Labute approximate surface area is 190 Å². The summed E-state index contributed by atoms with van der Waals surface area (Å²) in [6.07, 6.45) is 1.15. The minimum atomic E-state index is -2.34. The van der Waals surface area contributed by atoms with Crippen LogP contribution in [0.1, 0.15) is 24.0 Å². The SMILES string of the molecule is Cc1cccc([Si](C)(c2ccccc2)c2ccccc2)c1C=CC(O)CC(O)CC(=O)O. The number of rotatable bonds is 9. The zero-order valence-electron chi connectivity index (χ0n) is 18.5. The Morgan fingerprint density at radius 3 is 2.00 bits per heavy atom. The molecule has 0 saturated heterocycles. The quantitative estimate of drug-likeness (QED) is 0.349. The number of aliphatic carboxylic acids is 1. The zero-order chi connectivity index (χ0) is 23.1. The number of hydrogen-bond acceptors (Lipinski definition) is 3. The maximum atomic E-state index is 10.8. The van der Waals surface area contributed by atoms with Crippen LogP contribution in [0.3, 0.4) is 0 Å². The molecule has 0 fully saturated rings. The van der Waals surface area contributed by atoms with Gasteiger partial charge in [0.05, 0.1) is 18.6 Å². The number of hydrogen-bond donors (Lipinski definition) is 3. The molecule has 0 aromatic heterocycles. The van der Waals surface area contributed by atoms with Crippen LogP contribution in [-0.2, 0) is 4.79 Å². The van der Waals surface area contributed by atoms with Gasteiger partial charge in [0.25, 0.3) is 0 Å². The molecule has 0 radical (unpaired) electrons. The fourth-order valence-electron chi connectivity index (χ4n) is 4.21. The van der Waals surface area contributed by atoms with Gasteiger partial charge in [-0.05, 0) is 33.6 Å². The lowest BCUT2D eigenvalue weighted by Crippen LogP contribution is -2.65. The highest BCUT2D eigenvalue weighted by Crippen LogP contribution is 2.16. The number of aryl methyl sites for hydroxylation is 1. The smallest absolute Gasteiger partial charge is 0.305 e. The van der Waals surface area contributed by atoms with Crippen LogP contribution >= 0.6 is 0 Å². The van der Waals surface area contributed by atoms with Crippen molar-refractivity contribution >= 4 is 35.7 Å². The molecule has 0 aliphatic heterocycles. The van der Waals surface area contributed by atoms with Crippen LogP contribution in [0.5, 0.6) is 0 Å². The van der Waals surface area contributed by atoms with Gasteiger partial charge in [-0.3, -0.25) is 4.79 Å². The Hall–Kier alpha value is -2.99. The number of carboxylic acids is 1. The van der Waals surface area contributed by atoms with Crippen LogP contribution in [0.2, 0.25) is 6.55 Å². The van der Waals surface area contributed by atoms with Crippen molar-refractivity contribution in [3.63, 3.8) is 0 Å². The summed E-state index contributed by atoms with van der Waals surface area (Å²) in [5.41, 5.74) is 2.16. The van der Waals surface area contributed by atoms with Gasteiger partial charge in [-0.25, -0.2) is 0 Å². The fraction of sp³-hybridized carbons (Fsp3) is 0.222. The van der Waals surface area contributed by atoms with Gasteiger partial charge in [-0.15, -0.1) is 0 Å². The molecule has 0 bridgehead atoms. The van der Waals surface area contributed by atoms with E-state index in [0.29, 0.717) is 0 Å². The molecule has 32 heavy (non-hydrogen) atoms. The zero-order valence-corrected chi connectivity index (χ0v) is 19.5. The van der Waals surface area contributed by atoms with Crippen molar-refractivity contribution < 1.29 is 20.1 Å². The van der Waals surface area contributed by atoms with Gasteiger partial charge in [0.2, 0.25) is 0 Å². The molecule has 3 aromatic carbocycles. The van der Waals surface area contributed by atoms with Crippen LogP contribution in [0.15, 0.2) is 84.9 Å². The first-order valence-electron chi connectivity index (χ1n) is 10.8. The highest BCUT2D eigenvalue weighted by molar-refractivity contribution is 7.11. The van der Waals surface area contributed by atoms with Gasteiger partial charge < -0.3 is 15.3 Å². The van der Waals surface area contributed by atoms with Gasteiger partial charge in [0.1, 0.15) is 8.07 Å². The minimum Gasteiger partial charge on any atom is -0.481 e. The molecule has 0 aliphatic carbocycles. The molecule has 2 unspecified atom stereocenters. The van der Waals surface area contributed by atoms with Gasteiger partial charge in [0, 0.05) is 6.42 Å². The molecule has 3 N–H and O–H groups in total. The van der Waals surface area contributed by atoms with Crippen LogP contribution in [0, 0.1) is 6.92 Å². The molecule has 2 atom stereocenters. The Morgan fingerprint density at radius 2 is 1.47 bits per heavy atom. The average Bonchev–Trinajstić information content (AvgIpc) is 2.78. The summed E-state index contributed by atoms with van der Waals surface area (Å²) in [6.45, 7) is 4.40. The summed E-state index contributed by atoms with van der Waals surface area (Å²) in [4.78, 5) is 10.8. The maximum absolute atomic E-state index is 10.8. The Morgan fingerprint density at radius 1 is 0.906 bits per heavy atom. The van der Waals surface area contributed by atoms with E-state index >= 15 is 0 Å². The second-order valence-corrected chi connectivity index (χ2v) is 12.3. The van der Waals surface area contributed by atoms with Crippen LogP contribution < -0.4 is 15.6 Å². The largest absolute Gasteiger partial charge is 0.481 e. The topological polar surface area (TPSA) is 77.8 Å². The molecule has 4 nitrogen and oxygen atoms in total. The van der Waals surface area contributed by atoms with E-state index in [2.05, 4.69) is 80.2 Å². The standard InChI is InChI=1S/C27H30O4Si/c1-20-10-9-15-26(25(20)17-16-21(28)18-22(29)19-27(30)31)32(2,23-11-5-3-6-12-23)24-13-7-4-8-14-24/h3-17,21-22,28-29H,18-19H2,1-2H3,(H,30,31). The monoisotopic (exact) mass is 446 g/mol. The highest BCUT2D eigenvalue weighted by Gasteiger charge is 2.35. The van der Waals surface area contributed by atoms with Gasteiger partial charge in [0.15, 0.2) is 0 Å². The van der Waals surface area contributed by atoms with Crippen molar-refractivity contribution in [1.29, 1.82) is 0 Å². The summed E-state index contributed by atoms with van der Waals surface area (Å²) < 4.78 is 0. The molecule has 0 heterocycles. The Bertz CT molecular complexity index is 1020. The number of aliphatic hydroxyl groups excluding tert-OH is 2. The lowest BCUT2D eigenvalue weighted by atomic mass is 10.0. The van der Waals surface area contributed by atoms with E-state index in [-0.39, 0.29) is 12.8 Å². The summed E-state index contributed by atoms with van der Waals surface area (Å²) in [5.74, 6) is -1.08. The molecular formula is C27H30O4Si. The number of benzene rings is 3. The first kappa shape index (κ1) is 23.7. The third-order valence-corrected chi connectivity index (χ3v) is 10.5. The van der Waals surface area contributed by atoms with Crippen molar-refractivity contribution in [3.05, 3.63) is 96.1 Å². The van der Waals surface area contributed by atoms with Gasteiger partial charge in [-0.1, -0.05) is 97.6 Å². The minimum absolute atomic E-state index is 0.0178. The number of carbonyl (C=O) groups is 1. The maximum Gasteiger partial charge on any atom is 0.305 e. The van der Waals surface area contributed by atoms with E-state index in [4.69, 9.17) is 5.11 Å². The summed E-state index contributed by atoms with van der Waals surface area (Å²) >= 11 is 0. The van der Waals surface area contributed by atoms with E-state index in [0.717, 1.165) is 11.1 Å². The second kappa shape index (κ2) is 10.5. The van der Waals surface area contributed by atoms with Crippen LogP contribution in [0.4, 0.5) is 0 Å². The van der Waals surface area contributed by atoms with Crippen molar-refractivity contribution in [2.75, 3.05) is 0 Å². The predicted octanol–water partition coefficient (Wildman–Crippen LogP) is 2.69.